The maximum absolute atomic E-state index is 12.4. The zero-order chi connectivity index (χ0) is 21.5. The standard InChI is InChI=1S/C24H30N2O3S/c1-4-28-22-15-19(24(30)26-12-6-5-7-13-26)10-11-21(22)29-16-23(27)25-20-14-17(2)8-9-18(20)3/h8-11,14-15H,4-7,12-13,16H2,1-3H3,(H,25,27). The minimum Gasteiger partial charge on any atom is -0.490 e. The van der Waals surface area contributed by atoms with Crippen LogP contribution in [0.15, 0.2) is 36.4 Å². The number of carbonyl (C=O) groups is 1. The van der Waals surface area contributed by atoms with Crippen LogP contribution in [-0.2, 0) is 4.79 Å². The Hall–Kier alpha value is -2.60. The van der Waals surface area contributed by atoms with Crippen LogP contribution in [0.2, 0.25) is 0 Å². The van der Waals surface area contributed by atoms with E-state index in [1.54, 1.807) is 0 Å². The summed E-state index contributed by atoms with van der Waals surface area (Å²) >= 11 is 5.69. The zero-order valence-corrected chi connectivity index (χ0v) is 18.8. The SMILES string of the molecule is CCOc1cc(C(=S)N2CCCCC2)ccc1OCC(=O)Nc1cc(C)ccc1C. The molecule has 1 amide bonds. The third-order valence-corrected chi connectivity index (χ3v) is 5.65. The Labute approximate surface area is 184 Å². The molecular weight excluding hydrogens is 396 g/mol. The van der Waals surface area contributed by atoms with Crippen molar-refractivity contribution in [2.75, 3.05) is 31.6 Å². The van der Waals surface area contributed by atoms with Gasteiger partial charge in [-0.1, -0.05) is 24.4 Å². The molecule has 1 aliphatic rings. The third kappa shape index (κ3) is 5.72. The van der Waals surface area contributed by atoms with Gasteiger partial charge in [-0.2, -0.15) is 0 Å². The second kappa shape index (κ2) is 10.4. The molecule has 3 rings (SSSR count). The minimum atomic E-state index is -0.209. The molecule has 1 N–H and O–H groups in total. The molecule has 5 nitrogen and oxygen atoms in total. The van der Waals surface area contributed by atoms with Crippen LogP contribution < -0.4 is 14.8 Å². The molecule has 2 aromatic carbocycles. The lowest BCUT2D eigenvalue weighted by Gasteiger charge is -2.29. The van der Waals surface area contributed by atoms with E-state index in [0.29, 0.717) is 18.1 Å². The first kappa shape index (κ1) is 22.1. The van der Waals surface area contributed by atoms with Crippen LogP contribution in [-0.4, -0.2) is 42.1 Å². The van der Waals surface area contributed by atoms with Gasteiger partial charge in [0.05, 0.1) is 6.61 Å². The molecule has 30 heavy (non-hydrogen) atoms. The molecule has 1 fully saturated rings. The summed E-state index contributed by atoms with van der Waals surface area (Å²) in [4.78, 5) is 15.5. The Morgan fingerprint density at radius 1 is 1.03 bits per heavy atom. The van der Waals surface area contributed by atoms with Gasteiger partial charge in [0.2, 0.25) is 0 Å². The molecule has 0 saturated carbocycles. The average molecular weight is 427 g/mol. The summed E-state index contributed by atoms with van der Waals surface area (Å²) in [7, 11) is 0. The van der Waals surface area contributed by atoms with Crippen molar-refractivity contribution < 1.29 is 14.3 Å². The second-order valence-corrected chi connectivity index (χ2v) is 7.99. The van der Waals surface area contributed by atoms with Gasteiger partial charge in [0.25, 0.3) is 5.91 Å². The predicted molar refractivity (Wildman–Crippen MR) is 125 cm³/mol. The summed E-state index contributed by atoms with van der Waals surface area (Å²) < 4.78 is 11.5. The number of benzene rings is 2. The monoisotopic (exact) mass is 426 g/mol. The number of hydrogen-bond donors (Lipinski definition) is 1. The van der Waals surface area contributed by atoms with Gasteiger partial charge >= 0.3 is 0 Å². The maximum Gasteiger partial charge on any atom is 0.262 e. The van der Waals surface area contributed by atoms with Crippen LogP contribution in [0, 0.1) is 13.8 Å². The van der Waals surface area contributed by atoms with Crippen molar-refractivity contribution in [3.63, 3.8) is 0 Å². The molecule has 0 bridgehead atoms. The van der Waals surface area contributed by atoms with Crippen molar-refractivity contribution in [3.8, 4) is 11.5 Å². The number of ether oxygens (including phenoxy) is 2. The van der Waals surface area contributed by atoms with Crippen molar-refractivity contribution in [2.24, 2.45) is 0 Å². The van der Waals surface area contributed by atoms with E-state index in [9.17, 15) is 4.79 Å². The summed E-state index contributed by atoms with van der Waals surface area (Å²) in [6.45, 7) is 8.29. The van der Waals surface area contributed by atoms with Gasteiger partial charge in [-0.3, -0.25) is 4.79 Å². The van der Waals surface area contributed by atoms with Crippen molar-refractivity contribution >= 4 is 28.8 Å². The summed E-state index contributed by atoms with van der Waals surface area (Å²) in [6.07, 6.45) is 3.62. The van der Waals surface area contributed by atoms with Gasteiger partial charge in [-0.05, 0) is 75.4 Å². The van der Waals surface area contributed by atoms with Crippen LogP contribution in [0.4, 0.5) is 5.69 Å². The van der Waals surface area contributed by atoms with Gasteiger partial charge in [0.1, 0.15) is 4.99 Å². The normalized spacial score (nSPS) is 13.6. The Kier molecular flexibility index (Phi) is 7.69. The Bertz CT molecular complexity index is 907. The molecule has 2 aromatic rings. The fraction of sp³-hybridized carbons (Fsp3) is 0.417. The second-order valence-electron chi connectivity index (χ2n) is 7.60. The fourth-order valence-electron chi connectivity index (χ4n) is 3.51. The lowest BCUT2D eigenvalue weighted by atomic mass is 10.1. The van der Waals surface area contributed by atoms with E-state index < -0.39 is 0 Å². The Balaban J connectivity index is 1.66. The largest absolute Gasteiger partial charge is 0.490 e. The predicted octanol–water partition coefficient (Wildman–Crippen LogP) is 4.88. The van der Waals surface area contributed by atoms with E-state index in [0.717, 1.165) is 40.5 Å². The number of thiocarbonyl (C=S) groups is 1. The third-order valence-electron chi connectivity index (χ3n) is 5.16. The first-order valence-electron chi connectivity index (χ1n) is 10.5. The van der Waals surface area contributed by atoms with Gasteiger partial charge in [-0.15, -0.1) is 0 Å². The Morgan fingerprint density at radius 2 is 1.80 bits per heavy atom. The van der Waals surface area contributed by atoms with E-state index in [-0.39, 0.29) is 12.5 Å². The minimum absolute atomic E-state index is 0.0939. The van der Waals surface area contributed by atoms with E-state index in [2.05, 4.69) is 10.2 Å². The lowest BCUT2D eigenvalue weighted by Crippen LogP contribution is -2.34. The van der Waals surface area contributed by atoms with E-state index >= 15 is 0 Å². The lowest BCUT2D eigenvalue weighted by molar-refractivity contribution is -0.118. The number of aryl methyl sites for hydroxylation is 2. The number of piperidine rings is 1. The number of amides is 1. The first-order chi connectivity index (χ1) is 14.5. The number of rotatable bonds is 7. The van der Waals surface area contributed by atoms with Crippen molar-refractivity contribution in [2.45, 2.75) is 40.0 Å². The van der Waals surface area contributed by atoms with Crippen LogP contribution in [0.1, 0.15) is 42.9 Å². The summed E-state index contributed by atoms with van der Waals surface area (Å²) in [5.41, 5.74) is 3.86. The number of anilines is 1. The van der Waals surface area contributed by atoms with Crippen LogP contribution in [0.3, 0.4) is 0 Å². The van der Waals surface area contributed by atoms with Crippen LogP contribution >= 0.6 is 12.2 Å². The highest BCUT2D eigenvalue weighted by Crippen LogP contribution is 2.30. The molecule has 0 aromatic heterocycles. The average Bonchev–Trinajstić information content (AvgIpc) is 2.75. The van der Waals surface area contributed by atoms with Gasteiger partial charge < -0.3 is 19.7 Å². The zero-order valence-electron chi connectivity index (χ0n) is 18.0. The number of nitrogens with zero attached hydrogens (tertiary/aromatic N) is 1. The summed E-state index contributed by atoms with van der Waals surface area (Å²) in [6, 6.07) is 11.7. The highest BCUT2D eigenvalue weighted by molar-refractivity contribution is 7.80. The molecule has 1 aliphatic heterocycles. The van der Waals surface area contributed by atoms with Crippen molar-refractivity contribution in [1.82, 2.24) is 4.90 Å². The first-order valence-corrected chi connectivity index (χ1v) is 10.9. The van der Waals surface area contributed by atoms with Crippen LogP contribution in [0.5, 0.6) is 11.5 Å². The van der Waals surface area contributed by atoms with E-state index in [1.165, 1.54) is 19.3 Å². The molecular formula is C24H30N2O3S. The molecule has 1 heterocycles. The Morgan fingerprint density at radius 3 is 2.53 bits per heavy atom. The van der Waals surface area contributed by atoms with E-state index in [4.69, 9.17) is 21.7 Å². The smallest absolute Gasteiger partial charge is 0.262 e. The quantitative estimate of drug-likeness (QED) is 0.640. The molecule has 1 saturated heterocycles. The number of nitrogens with one attached hydrogen (secondary N) is 1. The molecule has 0 atom stereocenters. The molecule has 0 aliphatic carbocycles. The fourth-order valence-corrected chi connectivity index (χ4v) is 3.82. The van der Waals surface area contributed by atoms with Gasteiger partial charge in [0, 0.05) is 24.3 Å². The van der Waals surface area contributed by atoms with Crippen molar-refractivity contribution in [1.29, 1.82) is 0 Å². The van der Waals surface area contributed by atoms with E-state index in [1.807, 2.05) is 57.2 Å². The summed E-state index contributed by atoms with van der Waals surface area (Å²) in [5.74, 6) is 0.936. The maximum atomic E-state index is 12.4. The number of hydrogen-bond acceptors (Lipinski definition) is 4. The molecule has 6 heteroatoms. The molecule has 0 spiro atoms. The number of likely N-dealkylation sites (tertiary alicyclic amines) is 1. The summed E-state index contributed by atoms with van der Waals surface area (Å²) in [5, 5.41) is 2.91. The van der Waals surface area contributed by atoms with Crippen LogP contribution in [0.25, 0.3) is 0 Å². The topological polar surface area (TPSA) is 50.8 Å². The number of carbonyl (C=O) groups excluding carboxylic acids is 1. The van der Waals surface area contributed by atoms with Gasteiger partial charge in [-0.25, -0.2) is 0 Å². The molecule has 0 radical (unpaired) electrons. The highest BCUT2D eigenvalue weighted by atomic mass is 32.1. The van der Waals surface area contributed by atoms with Crippen molar-refractivity contribution in [3.05, 3.63) is 53.1 Å². The van der Waals surface area contributed by atoms with Gasteiger partial charge in [0.15, 0.2) is 18.1 Å². The molecule has 0 unspecified atom stereocenters. The molecule has 160 valence electrons. The highest BCUT2D eigenvalue weighted by Gasteiger charge is 2.17.